The number of nitrogens with zero attached hydrogens (tertiary/aromatic N) is 3. The maximum absolute atomic E-state index is 8.71. The van der Waals surface area contributed by atoms with Crippen LogP contribution in [-0.4, -0.2) is 15.8 Å². The minimum atomic E-state index is 0.358. The van der Waals surface area contributed by atoms with Crippen molar-refractivity contribution in [2.45, 2.75) is 11.7 Å². The first-order chi connectivity index (χ1) is 6.86. The van der Waals surface area contributed by atoms with E-state index in [-0.39, 0.29) is 0 Å². The molecule has 1 aromatic heterocycles. The van der Waals surface area contributed by atoms with Crippen LogP contribution in [0, 0.1) is 11.3 Å². The highest BCUT2D eigenvalue weighted by atomic mass is 32.2. The number of hydrogen-bond donors (Lipinski definition) is 0. The van der Waals surface area contributed by atoms with Gasteiger partial charge in [0.15, 0.2) is 5.16 Å². The second-order valence-corrected chi connectivity index (χ2v) is 3.60. The smallest absolute Gasteiger partial charge is 0.169 e. The molecule has 0 aliphatic heterocycles. The molecule has 0 aliphatic rings. The van der Waals surface area contributed by atoms with Gasteiger partial charge in [0.25, 0.3) is 0 Å². The topological polar surface area (TPSA) is 41.6 Å². The molecule has 0 N–H and O–H groups in total. The highest BCUT2D eigenvalue weighted by Gasteiger charge is 2.07. The van der Waals surface area contributed by atoms with Gasteiger partial charge in [-0.05, 0) is 18.4 Å². The van der Waals surface area contributed by atoms with Gasteiger partial charge >= 0.3 is 0 Å². The summed E-state index contributed by atoms with van der Waals surface area (Å²) in [5.74, 6) is 0. The standard InChI is InChI=1S/C10H9N3S/c1-14-10-12-8-4-2-3-5-9(8)13(10)7-6-11/h2-5H,7H2,1H3. The van der Waals surface area contributed by atoms with E-state index in [2.05, 4.69) is 11.1 Å². The summed E-state index contributed by atoms with van der Waals surface area (Å²) < 4.78 is 1.93. The normalized spacial score (nSPS) is 10.3. The molecule has 1 heterocycles. The van der Waals surface area contributed by atoms with Crippen molar-refractivity contribution in [1.82, 2.24) is 9.55 Å². The maximum Gasteiger partial charge on any atom is 0.169 e. The van der Waals surface area contributed by atoms with E-state index in [4.69, 9.17) is 5.26 Å². The molecular weight excluding hydrogens is 194 g/mol. The van der Waals surface area contributed by atoms with Gasteiger partial charge in [0.05, 0.1) is 17.1 Å². The Morgan fingerprint density at radius 2 is 2.29 bits per heavy atom. The molecule has 0 bridgehead atoms. The molecule has 0 spiro atoms. The Morgan fingerprint density at radius 3 is 3.00 bits per heavy atom. The zero-order valence-corrected chi connectivity index (χ0v) is 8.58. The lowest BCUT2D eigenvalue weighted by molar-refractivity contribution is 0.757. The zero-order chi connectivity index (χ0) is 9.97. The lowest BCUT2D eigenvalue weighted by atomic mass is 10.3. The third kappa shape index (κ3) is 1.36. The zero-order valence-electron chi connectivity index (χ0n) is 7.77. The number of thioether (sulfide) groups is 1. The van der Waals surface area contributed by atoms with Crippen molar-refractivity contribution in [2.24, 2.45) is 0 Å². The monoisotopic (exact) mass is 203 g/mol. The average molecular weight is 203 g/mol. The van der Waals surface area contributed by atoms with Crippen LogP contribution in [0.5, 0.6) is 0 Å². The SMILES string of the molecule is CSc1nc2ccccc2n1CC#N. The van der Waals surface area contributed by atoms with E-state index in [1.165, 1.54) is 0 Å². The predicted octanol–water partition coefficient (Wildman–Crippen LogP) is 2.28. The van der Waals surface area contributed by atoms with Crippen molar-refractivity contribution >= 4 is 22.8 Å². The molecule has 70 valence electrons. The number of nitriles is 1. The van der Waals surface area contributed by atoms with Gasteiger partial charge in [-0.25, -0.2) is 4.98 Å². The highest BCUT2D eigenvalue weighted by Crippen LogP contribution is 2.21. The first-order valence-electron chi connectivity index (χ1n) is 4.23. The quantitative estimate of drug-likeness (QED) is 0.703. The van der Waals surface area contributed by atoms with Crippen LogP contribution in [0.2, 0.25) is 0 Å². The Morgan fingerprint density at radius 1 is 1.50 bits per heavy atom. The van der Waals surface area contributed by atoms with Crippen LogP contribution in [0.4, 0.5) is 0 Å². The van der Waals surface area contributed by atoms with Gasteiger partial charge in [0.1, 0.15) is 6.54 Å². The number of benzene rings is 1. The van der Waals surface area contributed by atoms with Crippen LogP contribution in [0.3, 0.4) is 0 Å². The lowest BCUT2D eigenvalue weighted by Crippen LogP contribution is -1.96. The maximum atomic E-state index is 8.71. The molecule has 2 aromatic rings. The Balaban J connectivity index is 2.69. The molecule has 0 radical (unpaired) electrons. The summed E-state index contributed by atoms with van der Waals surface area (Å²) in [5, 5.41) is 9.61. The third-order valence-corrected chi connectivity index (χ3v) is 2.71. The van der Waals surface area contributed by atoms with Crippen molar-refractivity contribution in [3.8, 4) is 6.07 Å². The molecule has 2 rings (SSSR count). The minimum absolute atomic E-state index is 0.358. The molecule has 1 aromatic carbocycles. The van der Waals surface area contributed by atoms with E-state index in [9.17, 15) is 0 Å². The number of hydrogen-bond acceptors (Lipinski definition) is 3. The fourth-order valence-corrected chi connectivity index (χ4v) is 2.01. The third-order valence-electron chi connectivity index (χ3n) is 2.03. The van der Waals surface area contributed by atoms with E-state index < -0.39 is 0 Å². The first-order valence-corrected chi connectivity index (χ1v) is 5.45. The molecule has 4 heteroatoms. The molecule has 14 heavy (non-hydrogen) atoms. The minimum Gasteiger partial charge on any atom is -0.305 e. The summed E-state index contributed by atoms with van der Waals surface area (Å²) in [6.07, 6.45) is 1.97. The van der Waals surface area contributed by atoms with Crippen molar-refractivity contribution < 1.29 is 0 Å². The number of fused-ring (bicyclic) bond motifs is 1. The molecule has 0 aliphatic carbocycles. The largest absolute Gasteiger partial charge is 0.305 e. The van der Waals surface area contributed by atoms with E-state index in [1.807, 2.05) is 35.1 Å². The summed E-state index contributed by atoms with van der Waals surface area (Å²) in [6.45, 7) is 0.358. The van der Waals surface area contributed by atoms with E-state index in [1.54, 1.807) is 11.8 Å². The summed E-state index contributed by atoms with van der Waals surface area (Å²) in [4.78, 5) is 4.42. The number of imidazole rings is 1. The van der Waals surface area contributed by atoms with E-state index in [0.29, 0.717) is 6.54 Å². The van der Waals surface area contributed by atoms with Gasteiger partial charge in [-0.15, -0.1) is 0 Å². The second kappa shape index (κ2) is 3.72. The summed E-state index contributed by atoms with van der Waals surface area (Å²) in [6, 6.07) is 10.0. The molecular formula is C10H9N3S. The fourth-order valence-electron chi connectivity index (χ4n) is 1.43. The van der Waals surface area contributed by atoms with Gasteiger partial charge in [-0.1, -0.05) is 23.9 Å². The molecule has 3 nitrogen and oxygen atoms in total. The number of para-hydroxylation sites is 2. The van der Waals surface area contributed by atoms with Gasteiger partial charge in [0, 0.05) is 0 Å². The van der Waals surface area contributed by atoms with E-state index in [0.717, 1.165) is 16.2 Å². The van der Waals surface area contributed by atoms with Crippen molar-refractivity contribution in [3.63, 3.8) is 0 Å². The Labute approximate surface area is 86.4 Å². The van der Waals surface area contributed by atoms with Gasteiger partial charge in [0.2, 0.25) is 0 Å². The molecule has 0 unspecified atom stereocenters. The molecule has 0 fully saturated rings. The molecule has 0 amide bonds. The van der Waals surface area contributed by atoms with Crippen molar-refractivity contribution in [1.29, 1.82) is 5.26 Å². The van der Waals surface area contributed by atoms with Gasteiger partial charge < -0.3 is 4.57 Å². The van der Waals surface area contributed by atoms with Crippen molar-refractivity contribution in [3.05, 3.63) is 24.3 Å². The number of rotatable bonds is 2. The highest BCUT2D eigenvalue weighted by molar-refractivity contribution is 7.98. The van der Waals surface area contributed by atoms with Gasteiger partial charge in [-0.3, -0.25) is 0 Å². The first kappa shape index (κ1) is 9.10. The van der Waals surface area contributed by atoms with Crippen LogP contribution in [0.1, 0.15) is 0 Å². The van der Waals surface area contributed by atoms with Crippen LogP contribution >= 0.6 is 11.8 Å². The molecule has 0 saturated heterocycles. The number of aromatic nitrogens is 2. The predicted molar refractivity (Wildman–Crippen MR) is 57.1 cm³/mol. The fraction of sp³-hybridized carbons (Fsp3) is 0.200. The van der Waals surface area contributed by atoms with Gasteiger partial charge in [-0.2, -0.15) is 5.26 Å². The summed E-state index contributed by atoms with van der Waals surface area (Å²) in [7, 11) is 0. The Hall–Kier alpha value is -1.47. The lowest BCUT2D eigenvalue weighted by Gasteiger charge is -2.00. The molecule has 0 atom stereocenters. The summed E-state index contributed by atoms with van der Waals surface area (Å²) in [5.41, 5.74) is 1.98. The van der Waals surface area contributed by atoms with E-state index >= 15 is 0 Å². The Bertz CT molecular complexity index is 496. The van der Waals surface area contributed by atoms with Crippen LogP contribution in [0.15, 0.2) is 29.4 Å². The van der Waals surface area contributed by atoms with Crippen LogP contribution < -0.4 is 0 Å². The van der Waals surface area contributed by atoms with Crippen molar-refractivity contribution in [2.75, 3.05) is 6.26 Å². The Kier molecular flexibility index (Phi) is 2.42. The van der Waals surface area contributed by atoms with Crippen LogP contribution in [0.25, 0.3) is 11.0 Å². The second-order valence-electron chi connectivity index (χ2n) is 2.83. The van der Waals surface area contributed by atoms with Crippen LogP contribution in [-0.2, 0) is 6.54 Å². The summed E-state index contributed by atoms with van der Waals surface area (Å²) >= 11 is 1.56. The molecule has 0 saturated carbocycles. The average Bonchev–Trinajstić information content (AvgIpc) is 2.58.